The molecule has 1 atom stereocenters. The molecule has 8 nitrogen and oxygen atoms in total. The summed E-state index contributed by atoms with van der Waals surface area (Å²) in [5.41, 5.74) is 3.71. The zero-order valence-electron chi connectivity index (χ0n) is 20.4. The lowest BCUT2D eigenvalue weighted by Crippen LogP contribution is -2.24. The first-order chi connectivity index (χ1) is 17.3. The molecule has 186 valence electrons. The molecule has 5 rings (SSSR count). The van der Waals surface area contributed by atoms with Gasteiger partial charge in [0.2, 0.25) is 5.95 Å². The third-order valence-corrected chi connectivity index (χ3v) is 6.68. The summed E-state index contributed by atoms with van der Waals surface area (Å²) in [5.74, 6) is 2.51. The minimum atomic E-state index is -0.0996. The van der Waals surface area contributed by atoms with Gasteiger partial charge in [0.1, 0.15) is 18.1 Å². The van der Waals surface area contributed by atoms with Crippen LogP contribution in [0.3, 0.4) is 0 Å². The van der Waals surface area contributed by atoms with Crippen LogP contribution < -0.4 is 10.1 Å². The molecular formula is C27H34N4O4. The van der Waals surface area contributed by atoms with Crippen molar-refractivity contribution >= 4 is 11.6 Å². The summed E-state index contributed by atoms with van der Waals surface area (Å²) in [6.45, 7) is 3.69. The molecule has 1 unspecified atom stereocenters. The van der Waals surface area contributed by atoms with Gasteiger partial charge in [-0.2, -0.15) is 0 Å². The molecule has 1 aliphatic carbocycles. The van der Waals surface area contributed by atoms with Gasteiger partial charge in [0.25, 0.3) is 0 Å². The van der Waals surface area contributed by atoms with Crippen LogP contribution in [0.4, 0.5) is 11.6 Å². The van der Waals surface area contributed by atoms with Gasteiger partial charge in [-0.15, -0.1) is 0 Å². The van der Waals surface area contributed by atoms with Gasteiger partial charge in [-0.05, 0) is 57.2 Å². The molecular weight excluding hydrogens is 444 g/mol. The van der Waals surface area contributed by atoms with Crippen LogP contribution in [0.15, 0.2) is 41.1 Å². The Bertz CT molecular complexity index is 1090. The molecule has 2 fully saturated rings. The van der Waals surface area contributed by atoms with E-state index in [4.69, 9.17) is 23.7 Å². The van der Waals surface area contributed by atoms with Crippen LogP contribution in [0, 0.1) is 6.92 Å². The molecule has 3 heterocycles. The molecule has 1 aliphatic heterocycles. The lowest BCUT2D eigenvalue weighted by molar-refractivity contribution is -0.165. The first kappa shape index (κ1) is 23.8. The summed E-state index contributed by atoms with van der Waals surface area (Å²) in [6.07, 6.45) is 11.0. The van der Waals surface area contributed by atoms with E-state index < -0.39 is 0 Å². The van der Waals surface area contributed by atoms with Crippen molar-refractivity contribution in [2.24, 2.45) is 0 Å². The Morgan fingerprint density at radius 2 is 1.91 bits per heavy atom. The standard InChI is InChI=1S/C27H34N4O4/c1-19-25(26(31-35-19)20-8-3-2-4-9-20)23-13-14-28-27(30-23)29-21-10-7-11-22(18-21)32-16-17-34-24-12-5-6-15-33-24/h7,10-11,13-14,18,20,24H,2-6,8-9,12,15-17H2,1H3,(H,28,29,30). The Balaban J connectivity index is 1.22. The third-order valence-electron chi connectivity index (χ3n) is 6.68. The minimum Gasteiger partial charge on any atom is -0.491 e. The van der Waals surface area contributed by atoms with Gasteiger partial charge in [-0.25, -0.2) is 9.97 Å². The summed E-state index contributed by atoms with van der Waals surface area (Å²) >= 11 is 0. The molecule has 2 aromatic heterocycles. The van der Waals surface area contributed by atoms with Crippen LogP contribution in [0.1, 0.15) is 68.7 Å². The Morgan fingerprint density at radius 3 is 2.77 bits per heavy atom. The van der Waals surface area contributed by atoms with Crippen LogP contribution in [-0.2, 0) is 9.47 Å². The van der Waals surface area contributed by atoms with Crippen LogP contribution in [0.5, 0.6) is 5.75 Å². The number of anilines is 2. The van der Waals surface area contributed by atoms with Crippen molar-refractivity contribution in [2.75, 3.05) is 25.1 Å². The molecule has 1 saturated carbocycles. The molecule has 35 heavy (non-hydrogen) atoms. The largest absolute Gasteiger partial charge is 0.491 e. The van der Waals surface area contributed by atoms with E-state index in [9.17, 15) is 0 Å². The van der Waals surface area contributed by atoms with Gasteiger partial charge >= 0.3 is 0 Å². The van der Waals surface area contributed by atoms with Crippen molar-refractivity contribution < 1.29 is 18.7 Å². The van der Waals surface area contributed by atoms with E-state index in [2.05, 4.69) is 15.5 Å². The Morgan fingerprint density at radius 1 is 1.03 bits per heavy atom. The highest BCUT2D eigenvalue weighted by atomic mass is 16.7. The van der Waals surface area contributed by atoms with Gasteiger partial charge in [0, 0.05) is 30.5 Å². The average molecular weight is 479 g/mol. The molecule has 0 bridgehead atoms. The molecule has 2 aliphatic rings. The van der Waals surface area contributed by atoms with Gasteiger partial charge in [-0.3, -0.25) is 0 Å². The van der Waals surface area contributed by atoms with E-state index in [1.807, 2.05) is 37.3 Å². The number of hydrogen-bond donors (Lipinski definition) is 1. The van der Waals surface area contributed by atoms with Crippen molar-refractivity contribution in [3.63, 3.8) is 0 Å². The number of hydrogen-bond acceptors (Lipinski definition) is 8. The molecule has 3 aromatic rings. The predicted molar refractivity (Wildman–Crippen MR) is 133 cm³/mol. The molecule has 0 radical (unpaired) electrons. The molecule has 1 N–H and O–H groups in total. The molecule has 0 amide bonds. The summed E-state index contributed by atoms with van der Waals surface area (Å²) in [7, 11) is 0. The van der Waals surface area contributed by atoms with Crippen LogP contribution in [0.25, 0.3) is 11.3 Å². The van der Waals surface area contributed by atoms with Crippen molar-refractivity contribution in [1.82, 2.24) is 15.1 Å². The number of aryl methyl sites for hydroxylation is 1. The summed E-state index contributed by atoms with van der Waals surface area (Å²) in [5, 5.41) is 7.72. The van der Waals surface area contributed by atoms with E-state index in [1.165, 1.54) is 19.3 Å². The van der Waals surface area contributed by atoms with E-state index in [0.29, 0.717) is 25.1 Å². The van der Waals surface area contributed by atoms with Gasteiger partial charge in [-0.1, -0.05) is 30.5 Å². The predicted octanol–water partition coefficient (Wildman–Crippen LogP) is 6.15. The second-order valence-corrected chi connectivity index (χ2v) is 9.27. The Labute approximate surface area is 206 Å². The second-order valence-electron chi connectivity index (χ2n) is 9.27. The summed E-state index contributed by atoms with van der Waals surface area (Å²) in [6, 6.07) is 9.69. The Kier molecular flexibility index (Phi) is 7.90. The second kappa shape index (κ2) is 11.6. The van der Waals surface area contributed by atoms with E-state index >= 15 is 0 Å². The fourth-order valence-electron chi connectivity index (χ4n) is 4.89. The van der Waals surface area contributed by atoms with Crippen LogP contribution in [0.2, 0.25) is 0 Å². The highest BCUT2D eigenvalue weighted by Gasteiger charge is 2.25. The van der Waals surface area contributed by atoms with E-state index in [-0.39, 0.29) is 6.29 Å². The first-order valence-corrected chi connectivity index (χ1v) is 12.8. The van der Waals surface area contributed by atoms with Gasteiger partial charge in [0.05, 0.1) is 23.6 Å². The molecule has 1 aromatic carbocycles. The SMILES string of the molecule is Cc1onc(C2CCCCC2)c1-c1ccnc(Nc2cccc(OCCOC3CCCCO3)c2)n1. The van der Waals surface area contributed by atoms with Crippen molar-refractivity contribution in [2.45, 2.75) is 70.5 Å². The number of nitrogens with one attached hydrogen (secondary N) is 1. The topological polar surface area (TPSA) is 91.5 Å². The third kappa shape index (κ3) is 6.18. The van der Waals surface area contributed by atoms with Crippen molar-refractivity contribution in [1.29, 1.82) is 0 Å². The summed E-state index contributed by atoms with van der Waals surface area (Å²) in [4.78, 5) is 9.21. The van der Waals surface area contributed by atoms with Gasteiger partial charge < -0.3 is 24.1 Å². The lowest BCUT2D eigenvalue weighted by atomic mass is 9.85. The van der Waals surface area contributed by atoms with Crippen LogP contribution >= 0.6 is 0 Å². The van der Waals surface area contributed by atoms with Gasteiger partial charge in [0.15, 0.2) is 6.29 Å². The first-order valence-electron chi connectivity index (χ1n) is 12.8. The number of rotatable bonds is 9. The Hall–Kier alpha value is -2.97. The van der Waals surface area contributed by atoms with Crippen LogP contribution in [-0.4, -0.2) is 41.2 Å². The molecule has 0 spiro atoms. The normalized spacial score (nSPS) is 18.9. The number of ether oxygens (including phenoxy) is 3. The molecule has 1 saturated heterocycles. The average Bonchev–Trinajstić information content (AvgIpc) is 3.29. The lowest BCUT2D eigenvalue weighted by Gasteiger charge is -2.22. The molecule has 8 heteroatoms. The van der Waals surface area contributed by atoms with E-state index in [0.717, 1.165) is 72.9 Å². The maximum absolute atomic E-state index is 5.87. The zero-order chi connectivity index (χ0) is 23.9. The summed E-state index contributed by atoms with van der Waals surface area (Å²) < 4.78 is 22.8. The number of nitrogens with zero attached hydrogens (tertiary/aromatic N) is 3. The maximum Gasteiger partial charge on any atom is 0.227 e. The van der Waals surface area contributed by atoms with Crippen molar-refractivity contribution in [3.8, 4) is 17.0 Å². The quantitative estimate of drug-likeness (QED) is 0.366. The maximum atomic E-state index is 5.87. The van der Waals surface area contributed by atoms with Crippen molar-refractivity contribution in [3.05, 3.63) is 48.0 Å². The van der Waals surface area contributed by atoms with E-state index in [1.54, 1.807) is 6.20 Å². The fraction of sp³-hybridized carbons (Fsp3) is 0.519. The fourth-order valence-corrected chi connectivity index (χ4v) is 4.89. The minimum absolute atomic E-state index is 0.0996. The highest BCUT2D eigenvalue weighted by molar-refractivity contribution is 5.66. The monoisotopic (exact) mass is 478 g/mol. The highest BCUT2D eigenvalue weighted by Crippen LogP contribution is 2.38. The number of benzene rings is 1. The number of aromatic nitrogens is 3. The smallest absolute Gasteiger partial charge is 0.227 e. The zero-order valence-corrected chi connectivity index (χ0v) is 20.4.